The molecule has 0 saturated carbocycles. The number of hydrogen-bond acceptors (Lipinski definition) is 2. The Morgan fingerprint density at radius 3 is 2.75 bits per heavy atom. The van der Waals surface area contributed by atoms with Crippen molar-refractivity contribution in [1.82, 2.24) is 4.31 Å². The van der Waals surface area contributed by atoms with E-state index in [0.29, 0.717) is 18.0 Å². The second-order valence-corrected chi connectivity index (χ2v) is 7.35. The maximum Gasteiger partial charge on any atom is 0.243 e. The summed E-state index contributed by atoms with van der Waals surface area (Å²) >= 11 is 5.94. The van der Waals surface area contributed by atoms with Crippen LogP contribution in [0.1, 0.15) is 31.2 Å². The van der Waals surface area contributed by atoms with Gasteiger partial charge >= 0.3 is 0 Å². The second kappa shape index (κ2) is 6.41. The normalized spacial score (nSPS) is 21.6. The Kier molecular flexibility index (Phi) is 5.04. The van der Waals surface area contributed by atoms with Crippen LogP contribution in [0.15, 0.2) is 23.1 Å². The summed E-state index contributed by atoms with van der Waals surface area (Å²) in [5.41, 5.74) is 0.433. The molecule has 6 heteroatoms. The summed E-state index contributed by atoms with van der Waals surface area (Å²) in [7, 11) is -3.61. The summed E-state index contributed by atoms with van der Waals surface area (Å²) in [5, 5.41) is 0. The molecule has 0 radical (unpaired) electrons. The molecule has 1 unspecified atom stereocenters. The first-order valence-corrected chi connectivity index (χ1v) is 8.78. The van der Waals surface area contributed by atoms with Crippen LogP contribution in [0, 0.1) is 12.7 Å². The van der Waals surface area contributed by atoms with Crippen LogP contribution in [0.4, 0.5) is 4.39 Å². The summed E-state index contributed by atoms with van der Waals surface area (Å²) in [6, 6.07) is 3.61. The predicted octanol–water partition coefficient (Wildman–Crippen LogP) is 3.31. The highest BCUT2D eigenvalue weighted by atomic mass is 35.5. The van der Waals surface area contributed by atoms with Gasteiger partial charge in [0.15, 0.2) is 0 Å². The van der Waals surface area contributed by atoms with Crippen molar-refractivity contribution >= 4 is 21.6 Å². The molecule has 1 fully saturated rings. The lowest BCUT2D eigenvalue weighted by Gasteiger charge is -2.28. The summed E-state index contributed by atoms with van der Waals surface area (Å²) in [4.78, 5) is 0.177. The van der Waals surface area contributed by atoms with Crippen molar-refractivity contribution < 1.29 is 12.8 Å². The highest BCUT2D eigenvalue weighted by Crippen LogP contribution is 2.27. The van der Waals surface area contributed by atoms with E-state index in [1.54, 1.807) is 6.92 Å². The van der Waals surface area contributed by atoms with E-state index in [1.165, 1.54) is 22.5 Å². The number of halogens is 2. The molecule has 0 aliphatic carbocycles. The SMILES string of the molecule is Cc1cc(F)ccc1S(=O)(=O)N1CCCCCC1CCl. The van der Waals surface area contributed by atoms with Gasteiger partial charge in [-0.15, -0.1) is 11.6 Å². The summed E-state index contributed by atoms with van der Waals surface area (Å²) in [6.45, 7) is 2.10. The third kappa shape index (κ3) is 3.15. The molecule has 112 valence electrons. The maximum absolute atomic E-state index is 13.2. The first-order valence-electron chi connectivity index (χ1n) is 6.81. The van der Waals surface area contributed by atoms with Crippen molar-refractivity contribution in [2.75, 3.05) is 12.4 Å². The molecule has 1 heterocycles. The van der Waals surface area contributed by atoms with Gasteiger partial charge in [0.2, 0.25) is 10.0 Å². The lowest BCUT2D eigenvalue weighted by molar-refractivity contribution is 0.345. The first-order chi connectivity index (χ1) is 9.46. The van der Waals surface area contributed by atoms with Gasteiger partial charge in [-0.25, -0.2) is 12.8 Å². The Balaban J connectivity index is 2.41. The zero-order valence-corrected chi connectivity index (χ0v) is 13.1. The molecule has 3 nitrogen and oxygen atoms in total. The van der Waals surface area contributed by atoms with Crippen molar-refractivity contribution in [3.63, 3.8) is 0 Å². The van der Waals surface area contributed by atoms with Gasteiger partial charge in [-0.2, -0.15) is 4.31 Å². The van der Waals surface area contributed by atoms with Gasteiger partial charge in [0, 0.05) is 18.5 Å². The number of rotatable bonds is 3. The van der Waals surface area contributed by atoms with Crippen LogP contribution in [-0.4, -0.2) is 31.2 Å². The Hall–Kier alpha value is -0.650. The summed E-state index contributed by atoms with van der Waals surface area (Å²) in [6.07, 6.45) is 3.63. The monoisotopic (exact) mass is 319 g/mol. The van der Waals surface area contributed by atoms with Gasteiger partial charge < -0.3 is 0 Å². The van der Waals surface area contributed by atoms with E-state index in [4.69, 9.17) is 11.6 Å². The van der Waals surface area contributed by atoms with E-state index in [-0.39, 0.29) is 10.9 Å². The van der Waals surface area contributed by atoms with Crippen LogP contribution in [0.5, 0.6) is 0 Å². The van der Waals surface area contributed by atoms with Crippen molar-refractivity contribution in [3.8, 4) is 0 Å². The Morgan fingerprint density at radius 1 is 1.35 bits per heavy atom. The van der Waals surface area contributed by atoms with Crippen molar-refractivity contribution in [1.29, 1.82) is 0 Å². The quantitative estimate of drug-likeness (QED) is 0.802. The molecule has 1 atom stereocenters. The minimum atomic E-state index is -3.61. The number of benzene rings is 1. The molecule has 1 aliphatic rings. The lowest BCUT2D eigenvalue weighted by Crippen LogP contribution is -2.41. The smallest absolute Gasteiger partial charge is 0.207 e. The van der Waals surface area contributed by atoms with Gasteiger partial charge in [0.25, 0.3) is 0 Å². The van der Waals surface area contributed by atoms with Crippen LogP contribution >= 0.6 is 11.6 Å². The summed E-state index contributed by atoms with van der Waals surface area (Å²) < 4.78 is 40.2. The Morgan fingerprint density at radius 2 is 2.10 bits per heavy atom. The molecular weight excluding hydrogens is 301 g/mol. The number of nitrogens with zero attached hydrogens (tertiary/aromatic N) is 1. The predicted molar refractivity (Wildman–Crippen MR) is 78.0 cm³/mol. The van der Waals surface area contributed by atoms with Crippen LogP contribution in [0.25, 0.3) is 0 Å². The van der Waals surface area contributed by atoms with Crippen LogP contribution in [0.3, 0.4) is 0 Å². The minimum Gasteiger partial charge on any atom is -0.207 e. The van der Waals surface area contributed by atoms with Gasteiger partial charge in [-0.3, -0.25) is 0 Å². The lowest BCUT2D eigenvalue weighted by atomic mass is 10.1. The molecule has 2 rings (SSSR count). The molecule has 0 bridgehead atoms. The molecule has 1 aromatic rings. The zero-order valence-electron chi connectivity index (χ0n) is 11.5. The van der Waals surface area contributed by atoms with E-state index in [1.807, 2.05) is 0 Å². The average molecular weight is 320 g/mol. The van der Waals surface area contributed by atoms with Crippen molar-refractivity contribution in [2.24, 2.45) is 0 Å². The van der Waals surface area contributed by atoms with Gasteiger partial charge in [0.1, 0.15) is 5.82 Å². The van der Waals surface area contributed by atoms with Crippen molar-refractivity contribution in [2.45, 2.75) is 43.5 Å². The molecule has 1 saturated heterocycles. The molecule has 0 spiro atoms. The zero-order chi connectivity index (χ0) is 14.8. The van der Waals surface area contributed by atoms with Crippen LogP contribution in [-0.2, 0) is 10.0 Å². The highest BCUT2D eigenvalue weighted by molar-refractivity contribution is 7.89. The van der Waals surface area contributed by atoms with Crippen LogP contribution in [0.2, 0.25) is 0 Å². The van der Waals surface area contributed by atoms with Gasteiger partial charge in [0.05, 0.1) is 4.90 Å². The number of sulfonamides is 1. The molecule has 0 amide bonds. The third-order valence-corrected chi connectivity index (χ3v) is 6.19. The number of hydrogen-bond donors (Lipinski definition) is 0. The first kappa shape index (κ1) is 15.7. The number of aryl methyl sites for hydroxylation is 1. The third-order valence-electron chi connectivity index (χ3n) is 3.72. The van der Waals surface area contributed by atoms with Crippen molar-refractivity contribution in [3.05, 3.63) is 29.6 Å². The fourth-order valence-electron chi connectivity index (χ4n) is 2.65. The summed E-state index contributed by atoms with van der Waals surface area (Å²) in [5.74, 6) is -0.134. The molecule has 1 aromatic carbocycles. The Bertz CT molecular complexity index is 577. The molecule has 20 heavy (non-hydrogen) atoms. The molecular formula is C14H19ClFNO2S. The standard InChI is InChI=1S/C14H19ClFNO2S/c1-11-9-12(16)6-7-14(11)20(18,19)17-8-4-2-3-5-13(17)10-15/h6-7,9,13H,2-5,8,10H2,1H3. The highest BCUT2D eigenvalue weighted by Gasteiger charge is 2.32. The average Bonchev–Trinajstić information content (AvgIpc) is 2.63. The van der Waals surface area contributed by atoms with Gasteiger partial charge in [-0.1, -0.05) is 12.8 Å². The molecule has 0 aromatic heterocycles. The van der Waals surface area contributed by atoms with E-state index < -0.39 is 15.8 Å². The largest absolute Gasteiger partial charge is 0.243 e. The topological polar surface area (TPSA) is 37.4 Å². The Labute approximate surface area is 124 Å². The van der Waals surface area contributed by atoms with Gasteiger partial charge in [-0.05, 0) is 43.5 Å². The minimum absolute atomic E-state index is 0.173. The fraction of sp³-hybridized carbons (Fsp3) is 0.571. The number of alkyl halides is 1. The van der Waals surface area contributed by atoms with E-state index in [2.05, 4.69) is 0 Å². The maximum atomic E-state index is 13.2. The van der Waals surface area contributed by atoms with E-state index >= 15 is 0 Å². The van der Waals surface area contributed by atoms with Crippen LogP contribution < -0.4 is 0 Å². The fourth-order valence-corrected chi connectivity index (χ4v) is 4.95. The molecule has 1 aliphatic heterocycles. The van der Waals surface area contributed by atoms with E-state index in [0.717, 1.165) is 25.7 Å². The molecule has 0 N–H and O–H groups in total. The van der Waals surface area contributed by atoms with E-state index in [9.17, 15) is 12.8 Å². The second-order valence-electron chi connectivity index (χ2n) is 5.18.